The van der Waals surface area contributed by atoms with Crippen molar-refractivity contribution in [3.05, 3.63) is 34.2 Å². The Labute approximate surface area is 99.9 Å². The van der Waals surface area contributed by atoms with Gasteiger partial charge in [0.15, 0.2) is 0 Å². The highest BCUT2D eigenvalue weighted by atomic mass is 16.3. The third-order valence-electron chi connectivity index (χ3n) is 2.94. The minimum atomic E-state index is -0.758. The van der Waals surface area contributed by atoms with Gasteiger partial charge in [0.25, 0.3) is 0 Å². The molecule has 0 fully saturated rings. The number of fused-ring (bicyclic) bond motifs is 1. The van der Waals surface area contributed by atoms with E-state index in [0.717, 1.165) is 16.6 Å². The van der Waals surface area contributed by atoms with Gasteiger partial charge < -0.3 is 10.1 Å². The molecule has 0 aliphatic heterocycles. The second-order valence-electron chi connectivity index (χ2n) is 5.12. The average molecular weight is 234 g/mol. The Kier molecular flexibility index (Phi) is 2.83. The molecule has 0 radical (unpaired) electrons. The topological polar surface area (TPSA) is 58.0 Å². The fourth-order valence-corrected chi connectivity index (χ4v) is 2.00. The van der Waals surface area contributed by atoms with Gasteiger partial charge in [0.1, 0.15) is 0 Å². The summed E-state index contributed by atoms with van der Waals surface area (Å²) in [5.74, 6) is 0. The van der Waals surface area contributed by atoms with Crippen LogP contribution >= 0.6 is 0 Å². The first kappa shape index (κ1) is 11.9. The molecular weight excluding hydrogens is 216 g/mol. The highest BCUT2D eigenvalue weighted by Gasteiger charge is 2.15. The first-order valence-electron chi connectivity index (χ1n) is 5.79. The number of hydrogen-bond donors (Lipinski definition) is 2. The minimum Gasteiger partial charge on any atom is -0.390 e. The quantitative estimate of drug-likeness (QED) is 0.850. The van der Waals surface area contributed by atoms with Crippen LogP contribution in [0.15, 0.2) is 23.0 Å². The molecule has 2 aromatic rings. The molecule has 2 N–H and O–H groups in total. The van der Waals surface area contributed by atoms with Gasteiger partial charge in [-0.1, -0.05) is 12.1 Å². The normalized spacial score (nSPS) is 12.2. The summed E-state index contributed by atoms with van der Waals surface area (Å²) in [5, 5.41) is 9.72. The van der Waals surface area contributed by atoms with E-state index in [1.807, 2.05) is 25.1 Å². The molecule has 0 spiro atoms. The van der Waals surface area contributed by atoms with E-state index in [9.17, 15) is 9.90 Å². The van der Waals surface area contributed by atoms with Crippen LogP contribution in [-0.4, -0.2) is 20.3 Å². The summed E-state index contributed by atoms with van der Waals surface area (Å²) in [7, 11) is 0. The maximum atomic E-state index is 11.8. The molecular formula is C13H18N2O2. The lowest BCUT2D eigenvalue weighted by Gasteiger charge is -2.17. The lowest BCUT2D eigenvalue weighted by atomic mass is 10.1. The number of rotatable bonds is 3. The van der Waals surface area contributed by atoms with Crippen molar-refractivity contribution in [1.82, 2.24) is 9.55 Å². The Morgan fingerprint density at radius 1 is 1.41 bits per heavy atom. The molecule has 92 valence electrons. The van der Waals surface area contributed by atoms with Crippen LogP contribution in [0, 0.1) is 6.92 Å². The number of nitrogens with zero attached hydrogens (tertiary/aromatic N) is 1. The number of aliphatic hydroxyl groups is 1. The summed E-state index contributed by atoms with van der Waals surface area (Å²) in [6, 6.07) is 5.80. The van der Waals surface area contributed by atoms with Crippen molar-refractivity contribution < 1.29 is 5.11 Å². The van der Waals surface area contributed by atoms with Crippen molar-refractivity contribution in [1.29, 1.82) is 0 Å². The van der Waals surface area contributed by atoms with Crippen molar-refractivity contribution in [3.63, 3.8) is 0 Å². The van der Waals surface area contributed by atoms with Crippen LogP contribution in [0.3, 0.4) is 0 Å². The SMILES string of the molecule is Cc1cccc2[nH]c(=O)n(CCC(C)(C)O)c12. The fourth-order valence-electron chi connectivity index (χ4n) is 2.00. The highest BCUT2D eigenvalue weighted by Crippen LogP contribution is 2.17. The minimum absolute atomic E-state index is 0.112. The van der Waals surface area contributed by atoms with Crippen LogP contribution in [0.2, 0.25) is 0 Å². The van der Waals surface area contributed by atoms with Crippen molar-refractivity contribution >= 4 is 11.0 Å². The molecule has 0 amide bonds. The molecule has 0 aliphatic carbocycles. The van der Waals surface area contributed by atoms with Gasteiger partial charge in [-0.15, -0.1) is 0 Å². The molecule has 0 aliphatic rings. The maximum Gasteiger partial charge on any atom is 0.326 e. The summed E-state index contributed by atoms with van der Waals surface area (Å²) in [6.45, 7) is 6.00. The van der Waals surface area contributed by atoms with Crippen molar-refractivity contribution in [2.75, 3.05) is 0 Å². The molecule has 17 heavy (non-hydrogen) atoms. The van der Waals surface area contributed by atoms with Gasteiger partial charge in [-0.05, 0) is 38.8 Å². The predicted octanol–water partition coefficient (Wildman–Crippen LogP) is 1.80. The van der Waals surface area contributed by atoms with Gasteiger partial charge in [0.2, 0.25) is 0 Å². The number of aromatic nitrogens is 2. The van der Waals surface area contributed by atoms with Crippen molar-refractivity contribution in [3.8, 4) is 0 Å². The third kappa shape index (κ3) is 2.42. The Bertz CT molecular complexity index is 587. The zero-order valence-corrected chi connectivity index (χ0v) is 10.4. The van der Waals surface area contributed by atoms with Gasteiger partial charge in [0, 0.05) is 6.54 Å². The first-order chi connectivity index (χ1) is 7.88. The van der Waals surface area contributed by atoms with Crippen molar-refractivity contribution in [2.24, 2.45) is 0 Å². The second-order valence-corrected chi connectivity index (χ2v) is 5.12. The van der Waals surface area contributed by atoms with Crippen LogP contribution in [0.5, 0.6) is 0 Å². The number of benzene rings is 1. The number of aryl methyl sites for hydroxylation is 2. The lowest BCUT2D eigenvalue weighted by Crippen LogP contribution is -2.25. The summed E-state index contributed by atoms with van der Waals surface area (Å²) in [4.78, 5) is 14.7. The van der Waals surface area contributed by atoms with Gasteiger partial charge in [-0.25, -0.2) is 4.79 Å². The lowest BCUT2D eigenvalue weighted by molar-refractivity contribution is 0.0663. The number of hydrogen-bond acceptors (Lipinski definition) is 2. The molecule has 0 saturated carbocycles. The molecule has 1 heterocycles. The number of H-pyrrole nitrogens is 1. The number of imidazole rings is 1. The standard InChI is InChI=1S/C13H18N2O2/c1-9-5-4-6-10-11(9)15(12(16)14-10)8-7-13(2,3)17/h4-6,17H,7-8H2,1-3H3,(H,14,16). The van der Waals surface area contributed by atoms with Gasteiger partial charge in [-0.3, -0.25) is 4.57 Å². The van der Waals surface area contributed by atoms with Gasteiger partial charge in [0.05, 0.1) is 16.6 Å². The summed E-state index contributed by atoms with van der Waals surface area (Å²) in [5.41, 5.74) is 1.98. The molecule has 0 atom stereocenters. The zero-order valence-electron chi connectivity index (χ0n) is 10.4. The molecule has 2 rings (SSSR count). The monoisotopic (exact) mass is 234 g/mol. The van der Waals surface area contributed by atoms with Crippen LogP contribution in [-0.2, 0) is 6.54 Å². The molecule has 4 nitrogen and oxygen atoms in total. The van der Waals surface area contributed by atoms with E-state index in [4.69, 9.17) is 0 Å². The highest BCUT2D eigenvalue weighted by molar-refractivity contribution is 5.78. The molecule has 4 heteroatoms. The molecule has 0 saturated heterocycles. The smallest absolute Gasteiger partial charge is 0.326 e. The van der Waals surface area contributed by atoms with E-state index in [1.165, 1.54) is 0 Å². The largest absolute Gasteiger partial charge is 0.390 e. The van der Waals surface area contributed by atoms with Crippen LogP contribution in [0.4, 0.5) is 0 Å². The maximum absolute atomic E-state index is 11.8. The van der Waals surface area contributed by atoms with Crippen LogP contribution in [0.25, 0.3) is 11.0 Å². The molecule has 0 unspecified atom stereocenters. The number of aromatic amines is 1. The fraction of sp³-hybridized carbons (Fsp3) is 0.462. The Morgan fingerprint density at radius 2 is 2.12 bits per heavy atom. The number of nitrogens with one attached hydrogen (secondary N) is 1. The van der Waals surface area contributed by atoms with E-state index >= 15 is 0 Å². The predicted molar refractivity (Wildman–Crippen MR) is 68.2 cm³/mol. The summed E-state index contributed by atoms with van der Waals surface area (Å²) in [6.07, 6.45) is 0.550. The zero-order chi connectivity index (χ0) is 12.6. The molecule has 0 bridgehead atoms. The number of para-hydroxylation sites is 1. The summed E-state index contributed by atoms with van der Waals surface area (Å²) >= 11 is 0. The first-order valence-corrected chi connectivity index (χ1v) is 5.79. The van der Waals surface area contributed by atoms with E-state index in [1.54, 1.807) is 18.4 Å². The van der Waals surface area contributed by atoms with Gasteiger partial charge in [-0.2, -0.15) is 0 Å². The van der Waals surface area contributed by atoms with Crippen molar-refractivity contribution in [2.45, 2.75) is 39.3 Å². The van der Waals surface area contributed by atoms with E-state index in [2.05, 4.69) is 4.98 Å². The molecule has 1 aromatic heterocycles. The average Bonchev–Trinajstić information content (AvgIpc) is 2.51. The van der Waals surface area contributed by atoms with E-state index in [0.29, 0.717) is 13.0 Å². The van der Waals surface area contributed by atoms with Gasteiger partial charge >= 0.3 is 5.69 Å². The Hall–Kier alpha value is -1.55. The van der Waals surface area contributed by atoms with E-state index in [-0.39, 0.29) is 5.69 Å². The second kappa shape index (κ2) is 4.04. The summed E-state index contributed by atoms with van der Waals surface area (Å²) < 4.78 is 1.70. The van der Waals surface area contributed by atoms with Crippen LogP contribution in [0.1, 0.15) is 25.8 Å². The third-order valence-corrected chi connectivity index (χ3v) is 2.94. The Balaban J connectivity index is 2.46. The van der Waals surface area contributed by atoms with E-state index < -0.39 is 5.60 Å². The molecule has 1 aromatic carbocycles. The van der Waals surface area contributed by atoms with Crippen LogP contribution < -0.4 is 5.69 Å². The Morgan fingerprint density at radius 3 is 2.76 bits per heavy atom.